The SMILES string of the molecule is C=CN=C(SC)c1cc(N/C(C=C)=C/C=C(\C)C#N)nc(N2CCN(S(=O)C3C=CC(OF)CC3)CC2)n1. The zero-order chi connectivity index (χ0) is 27.5. The number of hydrogen-bond donors (Lipinski definition) is 1. The first kappa shape index (κ1) is 29.4. The molecule has 0 bridgehead atoms. The quantitative estimate of drug-likeness (QED) is 0.148. The van der Waals surface area contributed by atoms with Gasteiger partial charge < -0.3 is 10.2 Å². The van der Waals surface area contributed by atoms with E-state index in [2.05, 4.69) is 39.4 Å². The molecule has 1 aliphatic carbocycles. The predicted molar refractivity (Wildman–Crippen MR) is 154 cm³/mol. The minimum Gasteiger partial charge on any atom is -0.340 e. The molecule has 0 aromatic carbocycles. The van der Waals surface area contributed by atoms with Crippen LogP contribution in [-0.2, 0) is 15.9 Å². The van der Waals surface area contributed by atoms with Gasteiger partial charge in [-0.25, -0.2) is 18.5 Å². The molecule has 3 unspecified atom stereocenters. The van der Waals surface area contributed by atoms with Crippen LogP contribution in [0.3, 0.4) is 0 Å². The van der Waals surface area contributed by atoms with Gasteiger partial charge in [0, 0.05) is 49.7 Å². The van der Waals surface area contributed by atoms with Gasteiger partial charge in [0.15, 0.2) is 0 Å². The molecule has 1 saturated heterocycles. The van der Waals surface area contributed by atoms with Crippen LogP contribution in [-0.4, -0.2) is 67.3 Å². The van der Waals surface area contributed by atoms with E-state index >= 15 is 0 Å². The summed E-state index contributed by atoms with van der Waals surface area (Å²) >= 11 is 1.45. The molecule has 202 valence electrons. The van der Waals surface area contributed by atoms with E-state index in [0.717, 1.165) is 0 Å². The number of nitrogens with one attached hydrogen (secondary N) is 1. The molecule has 1 aromatic rings. The normalized spacial score (nSPS) is 22.1. The van der Waals surface area contributed by atoms with Gasteiger partial charge in [0.05, 0.1) is 11.3 Å². The van der Waals surface area contributed by atoms with Crippen molar-refractivity contribution in [1.82, 2.24) is 14.3 Å². The number of halogens is 1. The van der Waals surface area contributed by atoms with Crippen LogP contribution in [0.1, 0.15) is 25.5 Å². The Hall–Kier alpha value is -3.11. The van der Waals surface area contributed by atoms with Gasteiger partial charge in [0.25, 0.3) is 0 Å². The second-order valence-electron chi connectivity index (χ2n) is 8.49. The van der Waals surface area contributed by atoms with E-state index in [4.69, 9.17) is 15.2 Å². The van der Waals surface area contributed by atoms with Crippen LogP contribution in [0.4, 0.5) is 16.3 Å². The summed E-state index contributed by atoms with van der Waals surface area (Å²) in [5.41, 5.74) is 1.87. The van der Waals surface area contributed by atoms with Crippen LogP contribution in [0.5, 0.6) is 0 Å². The molecule has 2 heterocycles. The van der Waals surface area contributed by atoms with Gasteiger partial charge in [-0.15, -0.1) is 11.8 Å². The Bertz CT molecular complexity index is 1200. The molecule has 0 spiro atoms. The third-order valence-corrected chi connectivity index (χ3v) is 8.43. The van der Waals surface area contributed by atoms with E-state index < -0.39 is 17.1 Å². The zero-order valence-electron chi connectivity index (χ0n) is 21.5. The third-order valence-electron chi connectivity index (χ3n) is 5.94. The maximum atomic E-state index is 13.1. The number of nitriles is 1. The second-order valence-corrected chi connectivity index (χ2v) is 11.0. The molecule has 3 atom stereocenters. The molecule has 0 radical (unpaired) electrons. The van der Waals surface area contributed by atoms with Crippen molar-refractivity contribution in [2.75, 3.05) is 42.7 Å². The lowest BCUT2D eigenvalue weighted by molar-refractivity contribution is -0.164. The Morgan fingerprint density at radius 3 is 2.63 bits per heavy atom. The monoisotopic (exact) mass is 557 g/mol. The number of rotatable bonds is 10. The molecule has 38 heavy (non-hydrogen) atoms. The van der Waals surface area contributed by atoms with Crippen molar-refractivity contribution >= 4 is 39.6 Å². The molecular formula is C26H32FN7O2S2. The first-order valence-corrected chi connectivity index (χ1v) is 14.5. The van der Waals surface area contributed by atoms with Crippen molar-refractivity contribution < 1.29 is 13.7 Å². The Morgan fingerprint density at radius 1 is 1.29 bits per heavy atom. The molecule has 0 amide bonds. The first-order valence-electron chi connectivity index (χ1n) is 12.1. The van der Waals surface area contributed by atoms with Crippen molar-refractivity contribution in [2.24, 2.45) is 4.99 Å². The van der Waals surface area contributed by atoms with Gasteiger partial charge in [-0.1, -0.05) is 25.3 Å². The molecule has 1 N–H and O–H groups in total. The number of allylic oxidation sites excluding steroid dienone is 4. The summed E-state index contributed by atoms with van der Waals surface area (Å²) in [6, 6.07) is 3.89. The summed E-state index contributed by atoms with van der Waals surface area (Å²) in [5.74, 6) is 1.07. The van der Waals surface area contributed by atoms with E-state index in [0.29, 0.717) is 72.8 Å². The lowest BCUT2D eigenvalue weighted by atomic mass is 10.1. The van der Waals surface area contributed by atoms with Gasteiger partial charge in [0.1, 0.15) is 33.6 Å². The number of thioether (sulfide) groups is 1. The number of aromatic nitrogens is 2. The molecule has 1 fully saturated rings. The fraction of sp³-hybridized carbons (Fsp3) is 0.385. The fourth-order valence-electron chi connectivity index (χ4n) is 3.89. The highest BCUT2D eigenvalue weighted by Gasteiger charge is 2.29. The van der Waals surface area contributed by atoms with Gasteiger partial charge in [0.2, 0.25) is 5.95 Å². The Morgan fingerprint density at radius 2 is 2.05 bits per heavy atom. The molecule has 3 rings (SSSR count). The minimum absolute atomic E-state index is 0.148. The van der Waals surface area contributed by atoms with Crippen molar-refractivity contribution in [1.29, 1.82) is 5.26 Å². The Balaban J connectivity index is 1.81. The Labute approximate surface area is 230 Å². The fourth-order valence-corrected chi connectivity index (χ4v) is 5.85. The molecular weight excluding hydrogens is 525 g/mol. The second kappa shape index (κ2) is 14.7. The van der Waals surface area contributed by atoms with E-state index in [1.807, 2.05) is 10.6 Å². The summed E-state index contributed by atoms with van der Waals surface area (Å²) in [4.78, 5) is 19.8. The molecule has 1 aromatic heterocycles. The van der Waals surface area contributed by atoms with Crippen molar-refractivity contribution in [2.45, 2.75) is 31.1 Å². The maximum Gasteiger partial charge on any atom is 0.228 e. The summed E-state index contributed by atoms with van der Waals surface area (Å²) in [6.45, 7) is 11.6. The Kier molecular flexibility index (Phi) is 11.4. The van der Waals surface area contributed by atoms with E-state index in [-0.39, 0.29) is 5.25 Å². The lowest BCUT2D eigenvalue weighted by Gasteiger charge is -2.35. The molecule has 9 nitrogen and oxygen atoms in total. The van der Waals surface area contributed by atoms with Crippen LogP contribution in [0.15, 0.2) is 72.1 Å². The largest absolute Gasteiger partial charge is 0.340 e. The van der Waals surface area contributed by atoms with Gasteiger partial charge in [-0.3, -0.25) is 0 Å². The summed E-state index contributed by atoms with van der Waals surface area (Å²) < 4.78 is 27.5. The maximum absolute atomic E-state index is 13.1. The standard InChI is InChI=1S/C26H32FN7O2S2/c1-5-20(8-7-19(3)18-28)30-24-17-23(25(37-4)29-6-2)31-26(32-24)33-13-15-34(16-14-33)38(35)22-11-9-21(36-27)10-12-22/h5-9,11,17,21-22H,1-2,10,12-16H2,3-4H3,(H,30,31,32)/b19-7+,20-8+,29-25?. The minimum atomic E-state index is -1.21. The molecule has 1 aliphatic heterocycles. The van der Waals surface area contributed by atoms with Crippen LogP contribution in [0.25, 0.3) is 0 Å². The highest BCUT2D eigenvalue weighted by Crippen LogP contribution is 2.24. The van der Waals surface area contributed by atoms with Crippen LogP contribution >= 0.6 is 11.8 Å². The van der Waals surface area contributed by atoms with Gasteiger partial charge in [-0.2, -0.15) is 15.2 Å². The van der Waals surface area contributed by atoms with E-state index in [1.165, 1.54) is 18.0 Å². The van der Waals surface area contributed by atoms with Crippen LogP contribution in [0.2, 0.25) is 0 Å². The summed E-state index contributed by atoms with van der Waals surface area (Å²) in [5, 5.41) is 12.8. The van der Waals surface area contributed by atoms with Crippen molar-refractivity contribution in [3.63, 3.8) is 0 Å². The van der Waals surface area contributed by atoms with E-state index in [1.54, 1.807) is 43.4 Å². The molecule has 0 saturated carbocycles. The molecule has 12 heteroatoms. The third kappa shape index (κ3) is 7.94. The topological polar surface area (TPSA) is 107 Å². The highest BCUT2D eigenvalue weighted by molar-refractivity contribution is 8.13. The molecule has 2 aliphatic rings. The van der Waals surface area contributed by atoms with E-state index in [9.17, 15) is 8.74 Å². The lowest BCUT2D eigenvalue weighted by Crippen LogP contribution is -2.49. The number of anilines is 2. The van der Waals surface area contributed by atoms with Crippen LogP contribution < -0.4 is 10.2 Å². The van der Waals surface area contributed by atoms with Crippen molar-refractivity contribution in [3.05, 3.63) is 72.8 Å². The predicted octanol–water partition coefficient (Wildman–Crippen LogP) is 4.46. The van der Waals surface area contributed by atoms with Crippen molar-refractivity contribution in [3.8, 4) is 6.07 Å². The highest BCUT2D eigenvalue weighted by atomic mass is 32.2. The summed E-state index contributed by atoms with van der Waals surface area (Å²) in [7, 11) is -1.21. The average Bonchev–Trinajstić information content (AvgIpc) is 2.97. The van der Waals surface area contributed by atoms with Gasteiger partial charge >= 0.3 is 0 Å². The first-order chi connectivity index (χ1) is 18.4. The number of hydrogen-bond acceptors (Lipinski definition) is 9. The zero-order valence-corrected chi connectivity index (χ0v) is 23.2. The number of nitrogens with zero attached hydrogens (tertiary/aromatic N) is 6. The summed E-state index contributed by atoms with van der Waals surface area (Å²) in [6.07, 6.45) is 12.5. The average molecular weight is 558 g/mol. The van der Waals surface area contributed by atoms with Crippen LogP contribution in [0, 0.1) is 11.3 Å². The number of piperazine rings is 1. The smallest absolute Gasteiger partial charge is 0.228 e. The van der Waals surface area contributed by atoms with Gasteiger partial charge in [-0.05, 0) is 48.8 Å². The number of aliphatic imine (C=N–C) groups is 1.